The Morgan fingerprint density at radius 3 is 2.63 bits per heavy atom. The van der Waals surface area contributed by atoms with Crippen molar-refractivity contribution in [3.8, 4) is 0 Å². The molecule has 0 unspecified atom stereocenters. The fraction of sp³-hybridized carbons (Fsp3) is 0.583. The molecule has 0 radical (unpaired) electrons. The second-order valence-electron chi connectivity index (χ2n) is 4.21. The van der Waals surface area contributed by atoms with E-state index in [-0.39, 0.29) is 30.8 Å². The van der Waals surface area contributed by atoms with Crippen LogP contribution in [0.2, 0.25) is 0 Å². The highest BCUT2D eigenvalue weighted by molar-refractivity contribution is 5.94. The second-order valence-corrected chi connectivity index (χ2v) is 4.21. The SMILES string of the molecule is COCc1cc(C(=O)N(CC(=O)OC)C(C)C)no1. The fourth-order valence-electron chi connectivity index (χ4n) is 1.46. The predicted octanol–water partition coefficient (Wildman–Crippen LogP) is 0.845. The lowest BCUT2D eigenvalue weighted by atomic mass is 10.2. The second kappa shape index (κ2) is 6.89. The lowest BCUT2D eigenvalue weighted by molar-refractivity contribution is -0.141. The molecule has 106 valence electrons. The molecular formula is C12H18N2O5. The molecule has 1 rings (SSSR count). The van der Waals surface area contributed by atoms with E-state index < -0.39 is 5.97 Å². The summed E-state index contributed by atoms with van der Waals surface area (Å²) in [7, 11) is 2.79. The number of ether oxygens (including phenoxy) is 2. The highest BCUT2D eigenvalue weighted by atomic mass is 16.5. The first-order valence-corrected chi connectivity index (χ1v) is 5.82. The molecule has 0 fully saturated rings. The summed E-state index contributed by atoms with van der Waals surface area (Å²) in [5, 5.41) is 3.67. The summed E-state index contributed by atoms with van der Waals surface area (Å²) in [5.74, 6) is -0.415. The molecule has 7 heteroatoms. The van der Waals surface area contributed by atoms with E-state index in [2.05, 4.69) is 9.89 Å². The van der Waals surface area contributed by atoms with Gasteiger partial charge in [0.25, 0.3) is 5.91 Å². The molecule has 0 saturated heterocycles. The molecule has 0 aliphatic heterocycles. The van der Waals surface area contributed by atoms with Crippen LogP contribution in [0.5, 0.6) is 0 Å². The largest absolute Gasteiger partial charge is 0.468 e. The van der Waals surface area contributed by atoms with Crippen LogP contribution >= 0.6 is 0 Å². The number of carbonyl (C=O) groups excluding carboxylic acids is 2. The zero-order valence-electron chi connectivity index (χ0n) is 11.5. The highest BCUT2D eigenvalue weighted by Crippen LogP contribution is 2.10. The van der Waals surface area contributed by atoms with Gasteiger partial charge in [0, 0.05) is 19.2 Å². The summed E-state index contributed by atoms with van der Waals surface area (Å²) in [4.78, 5) is 24.9. The Bertz CT molecular complexity index is 441. The summed E-state index contributed by atoms with van der Waals surface area (Å²) in [6.07, 6.45) is 0. The van der Waals surface area contributed by atoms with Gasteiger partial charge in [0.1, 0.15) is 13.2 Å². The van der Waals surface area contributed by atoms with Crippen molar-refractivity contribution < 1.29 is 23.6 Å². The summed E-state index contributed by atoms with van der Waals surface area (Å²) < 4.78 is 14.4. The molecule has 19 heavy (non-hydrogen) atoms. The van der Waals surface area contributed by atoms with Crippen molar-refractivity contribution in [3.05, 3.63) is 17.5 Å². The number of methoxy groups -OCH3 is 2. The smallest absolute Gasteiger partial charge is 0.325 e. The topological polar surface area (TPSA) is 81.9 Å². The third kappa shape index (κ3) is 4.06. The number of nitrogens with zero attached hydrogens (tertiary/aromatic N) is 2. The molecule has 0 atom stereocenters. The van der Waals surface area contributed by atoms with Gasteiger partial charge in [-0.15, -0.1) is 0 Å². The zero-order chi connectivity index (χ0) is 14.4. The van der Waals surface area contributed by atoms with Gasteiger partial charge >= 0.3 is 5.97 Å². The normalized spacial score (nSPS) is 10.6. The average molecular weight is 270 g/mol. The van der Waals surface area contributed by atoms with Crippen molar-refractivity contribution in [2.45, 2.75) is 26.5 Å². The molecule has 0 saturated carbocycles. The van der Waals surface area contributed by atoms with Crippen LogP contribution in [0.15, 0.2) is 10.6 Å². The lowest BCUT2D eigenvalue weighted by Gasteiger charge is -2.24. The van der Waals surface area contributed by atoms with Crippen LogP contribution in [0.3, 0.4) is 0 Å². The summed E-state index contributed by atoms with van der Waals surface area (Å²) in [5.41, 5.74) is 0.143. The van der Waals surface area contributed by atoms with E-state index in [0.717, 1.165) is 0 Å². The Morgan fingerprint density at radius 1 is 1.42 bits per heavy atom. The Hall–Kier alpha value is -1.89. The van der Waals surface area contributed by atoms with Gasteiger partial charge in [0.2, 0.25) is 0 Å². The summed E-state index contributed by atoms with van der Waals surface area (Å²) >= 11 is 0. The molecular weight excluding hydrogens is 252 g/mol. The summed E-state index contributed by atoms with van der Waals surface area (Å²) in [6.45, 7) is 3.71. The third-order valence-electron chi connectivity index (χ3n) is 2.48. The van der Waals surface area contributed by atoms with Crippen LogP contribution in [-0.4, -0.2) is 48.7 Å². The number of amides is 1. The van der Waals surface area contributed by atoms with Crippen molar-refractivity contribution in [3.63, 3.8) is 0 Å². The van der Waals surface area contributed by atoms with Crippen LogP contribution in [-0.2, 0) is 20.9 Å². The molecule has 0 N–H and O–H groups in total. The van der Waals surface area contributed by atoms with Crippen LogP contribution in [0.25, 0.3) is 0 Å². The van der Waals surface area contributed by atoms with Crippen LogP contribution in [0, 0.1) is 0 Å². The first-order chi connectivity index (χ1) is 8.99. The minimum atomic E-state index is -0.484. The lowest BCUT2D eigenvalue weighted by Crippen LogP contribution is -2.41. The molecule has 0 bridgehead atoms. The Labute approximate surface area is 111 Å². The maximum Gasteiger partial charge on any atom is 0.325 e. The number of rotatable bonds is 6. The van der Waals surface area contributed by atoms with Crippen molar-refractivity contribution in [2.75, 3.05) is 20.8 Å². The maximum atomic E-state index is 12.2. The van der Waals surface area contributed by atoms with Crippen molar-refractivity contribution >= 4 is 11.9 Å². The minimum absolute atomic E-state index is 0.126. The monoisotopic (exact) mass is 270 g/mol. The van der Waals surface area contributed by atoms with Gasteiger partial charge in [0.15, 0.2) is 11.5 Å². The molecule has 0 aliphatic carbocycles. The Balaban J connectivity index is 2.83. The average Bonchev–Trinajstić information content (AvgIpc) is 2.83. The minimum Gasteiger partial charge on any atom is -0.468 e. The van der Waals surface area contributed by atoms with Gasteiger partial charge < -0.3 is 18.9 Å². The van der Waals surface area contributed by atoms with Gasteiger partial charge in [-0.3, -0.25) is 9.59 Å². The zero-order valence-corrected chi connectivity index (χ0v) is 11.5. The number of hydrogen-bond acceptors (Lipinski definition) is 6. The molecule has 0 aromatic carbocycles. The van der Waals surface area contributed by atoms with Gasteiger partial charge in [-0.2, -0.15) is 0 Å². The van der Waals surface area contributed by atoms with Gasteiger partial charge in [-0.1, -0.05) is 5.16 Å². The molecule has 0 aliphatic rings. The Morgan fingerprint density at radius 2 is 2.11 bits per heavy atom. The number of carbonyl (C=O) groups is 2. The van der Waals surface area contributed by atoms with E-state index >= 15 is 0 Å². The van der Waals surface area contributed by atoms with Crippen molar-refractivity contribution in [1.82, 2.24) is 10.1 Å². The van der Waals surface area contributed by atoms with Crippen molar-refractivity contribution in [2.24, 2.45) is 0 Å². The van der Waals surface area contributed by atoms with Gasteiger partial charge in [0.05, 0.1) is 7.11 Å². The first-order valence-electron chi connectivity index (χ1n) is 5.82. The van der Waals surface area contributed by atoms with Gasteiger partial charge in [-0.25, -0.2) is 0 Å². The van der Waals surface area contributed by atoms with E-state index in [1.165, 1.54) is 25.2 Å². The molecule has 1 aromatic heterocycles. The fourth-order valence-corrected chi connectivity index (χ4v) is 1.46. The predicted molar refractivity (Wildman–Crippen MR) is 65.4 cm³/mol. The quantitative estimate of drug-likeness (QED) is 0.712. The van der Waals surface area contributed by atoms with E-state index in [4.69, 9.17) is 9.26 Å². The van der Waals surface area contributed by atoms with E-state index in [1.54, 1.807) is 13.8 Å². The highest BCUT2D eigenvalue weighted by Gasteiger charge is 2.24. The van der Waals surface area contributed by atoms with Gasteiger partial charge in [-0.05, 0) is 13.8 Å². The summed E-state index contributed by atoms with van der Waals surface area (Å²) in [6, 6.07) is 1.34. The molecule has 7 nitrogen and oxygen atoms in total. The maximum absolute atomic E-state index is 12.2. The van der Waals surface area contributed by atoms with Crippen molar-refractivity contribution in [1.29, 1.82) is 0 Å². The standard InChI is InChI=1S/C12H18N2O5/c1-8(2)14(6-11(15)18-4)12(16)10-5-9(7-17-3)19-13-10/h5,8H,6-7H2,1-4H3. The molecule has 1 heterocycles. The van der Waals surface area contributed by atoms with E-state index in [1.807, 2.05) is 0 Å². The third-order valence-corrected chi connectivity index (χ3v) is 2.48. The molecule has 0 spiro atoms. The molecule has 1 aromatic rings. The van der Waals surface area contributed by atoms with E-state index in [0.29, 0.717) is 5.76 Å². The van der Waals surface area contributed by atoms with E-state index in [9.17, 15) is 9.59 Å². The van der Waals surface area contributed by atoms with Crippen LogP contribution < -0.4 is 0 Å². The number of aromatic nitrogens is 1. The number of esters is 1. The van der Waals surface area contributed by atoms with Crippen LogP contribution in [0.1, 0.15) is 30.1 Å². The first kappa shape index (κ1) is 15.2. The van der Waals surface area contributed by atoms with Crippen LogP contribution in [0.4, 0.5) is 0 Å². The number of hydrogen-bond donors (Lipinski definition) is 0. The Kier molecular flexibility index (Phi) is 5.50. The molecule has 1 amide bonds.